The van der Waals surface area contributed by atoms with Crippen LogP contribution < -0.4 is 14.2 Å². The van der Waals surface area contributed by atoms with E-state index in [1.165, 1.54) is 16.7 Å². The van der Waals surface area contributed by atoms with Gasteiger partial charge in [-0.2, -0.15) is 0 Å². The van der Waals surface area contributed by atoms with Crippen molar-refractivity contribution in [3.05, 3.63) is 56.9 Å². The third kappa shape index (κ3) is 5.73. The number of carbonyl (C=O) groups is 1. The molecule has 1 aliphatic rings. The molecule has 0 aliphatic carbocycles. The van der Waals surface area contributed by atoms with Gasteiger partial charge in [0.1, 0.15) is 10.1 Å². The van der Waals surface area contributed by atoms with Gasteiger partial charge in [0.25, 0.3) is 5.91 Å². The number of amides is 1. The van der Waals surface area contributed by atoms with Crippen molar-refractivity contribution >= 4 is 51.9 Å². The maximum atomic E-state index is 12.2. The lowest BCUT2D eigenvalue weighted by atomic mass is 10.1. The number of hydrogen-bond donors (Lipinski definition) is 0. The highest BCUT2D eigenvalue weighted by molar-refractivity contribution is 8.26. The number of methoxy groups -OCH3 is 1. The first-order chi connectivity index (χ1) is 14.8. The van der Waals surface area contributed by atoms with E-state index in [0.717, 1.165) is 22.4 Å². The molecule has 0 bridgehead atoms. The van der Waals surface area contributed by atoms with Crippen LogP contribution in [0.15, 0.2) is 35.2 Å². The first kappa shape index (κ1) is 23.4. The number of aryl methyl sites for hydroxylation is 2. The molecular weight excluding hydrogens is 454 g/mol. The van der Waals surface area contributed by atoms with Gasteiger partial charge in [-0.05, 0) is 54.8 Å². The summed E-state index contributed by atoms with van der Waals surface area (Å²) in [4.78, 5) is 14.2. The van der Waals surface area contributed by atoms with Crippen LogP contribution in [0.4, 0.5) is 0 Å². The van der Waals surface area contributed by atoms with Crippen LogP contribution in [0.3, 0.4) is 0 Å². The van der Waals surface area contributed by atoms with E-state index in [9.17, 15) is 4.79 Å². The number of ether oxygens (including phenoxy) is 3. The van der Waals surface area contributed by atoms with Crippen molar-refractivity contribution in [1.82, 2.24) is 4.90 Å². The van der Waals surface area contributed by atoms with Crippen LogP contribution in [0.25, 0.3) is 6.08 Å². The molecule has 2 aromatic carbocycles. The molecule has 1 aliphatic heterocycles. The first-order valence-electron chi connectivity index (χ1n) is 9.72. The number of nitrogens with zero attached hydrogens (tertiary/aromatic N) is 1. The Bertz CT molecular complexity index is 1040. The predicted octanol–water partition coefficient (Wildman–Crippen LogP) is 5.64. The number of carbonyl (C=O) groups excluding carboxylic acids is 1. The average Bonchev–Trinajstić information content (AvgIpc) is 2.97. The van der Waals surface area contributed by atoms with Gasteiger partial charge < -0.3 is 14.2 Å². The first-order valence-corrected chi connectivity index (χ1v) is 11.3. The molecule has 0 radical (unpaired) electrons. The topological polar surface area (TPSA) is 48.0 Å². The molecule has 164 valence electrons. The van der Waals surface area contributed by atoms with Crippen molar-refractivity contribution in [2.75, 3.05) is 27.4 Å². The zero-order valence-electron chi connectivity index (χ0n) is 17.9. The summed E-state index contributed by atoms with van der Waals surface area (Å²) in [5, 5.41) is 0.410. The van der Waals surface area contributed by atoms with Crippen LogP contribution in [-0.2, 0) is 4.79 Å². The van der Waals surface area contributed by atoms with E-state index in [0.29, 0.717) is 45.4 Å². The Kier molecular flexibility index (Phi) is 7.86. The molecule has 1 saturated heterocycles. The van der Waals surface area contributed by atoms with Crippen LogP contribution in [0.5, 0.6) is 17.2 Å². The van der Waals surface area contributed by atoms with Gasteiger partial charge in [0.15, 0.2) is 11.5 Å². The van der Waals surface area contributed by atoms with E-state index in [1.54, 1.807) is 32.4 Å². The smallest absolute Gasteiger partial charge is 0.265 e. The molecule has 1 amide bonds. The van der Waals surface area contributed by atoms with E-state index >= 15 is 0 Å². The predicted molar refractivity (Wildman–Crippen MR) is 130 cm³/mol. The molecular formula is C23H24ClNO4S2. The fraction of sp³-hybridized carbons (Fsp3) is 0.304. The molecule has 3 rings (SSSR count). The van der Waals surface area contributed by atoms with E-state index < -0.39 is 0 Å². The lowest BCUT2D eigenvalue weighted by Gasteiger charge is -2.14. The molecule has 0 unspecified atom stereocenters. The van der Waals surface area contributed by atoms with Crippen LogP contribution in [-0.4, -0.2) is 42.5 Å². The molecule has 31 heavy (non-hydrogen) atoms. The van der Waals surface area contributed by atoms with Crippen LogP contribution in [0.1, 0.15) is 23.1 Å². The summed E-state index contributed by atoms with van der Waals surface area (Å²) in [5.41, 5.74) is 3.00. The zero-order valence-corrected chi connectivity index (χ0v) is 20.2. The molecule has 0 saturated carbocycles. The summed E-state index contributed by atoms with van der Waals surface area (Å²) < 4.78 is 17.7. The Balaban J connectivity index is 1.62. The summed E-state index contributed by atoms with van der Waals surface area (Å²) in [6, 6.07) is 9.67. The van der Waals surface area contributed by atoms with E-state index in [1.807, 2.05) is 26.0 Å². The molecule has 8 heteroatoms. The standard InChI is InChI=1S/C23H24ClNO4S2/c1-14-6-7-15(2)18(10-14)28-8-5-9-29-21-17(24)11-16(12-19(21)27-4)13-20-22(26)25(3)23(30)31-20/h6-7,10-13H,5,8-9H2,1-4H3/b20-13+. The largest absolute Gasteiger partial charge is 0.493 e. The van der Waals surface area contributed by atoms with Gasteiger partial charge >= 0.3 is 0 Å². The van der Waals surface area contributed by atoms with Gasteiger partial charge in [0.2, 0.25) is 0 Å². The van der Waals surface area contributed by atoms with Gasteiger partial charge in [-0.1, -0.05) is 47.7 Å². The number of benzene rings is 2. The van der Waals surface area contributed by atoms with E-state index in [2.05, 4.69) is 6.07 Å². The molecule has 0 N–H and O–H groups in total. The van der Waals surface area contributed by atoms with E-state index in [-0.39, 0.29) is 5.91 Å². The molecule has 0 aromatic heterocycles. The summed E-state index contributed by atoms with van der Waals surface area (Å²) in [7, 11) is 3.21. The second-order valence-electron chi connectivity index (χ2n) is 7.09. The van der Waals surface area contributed by atoms with Crippen molar-refractivity contribution in [1.29, 1.82) is 0 Å². The normalized spacial score (nSPS) is 15.0. The average molecular weight is 478 g/mol. The Morgan fingerprint density at radius 3 is 2.55 bits per heavy atom. The number of rotatable bonds is 8. The molecule has 0 atom stereocenters. The number of hydrogen-bond acceptors (Lipinski definition) is 6. The van der Waals surface area contributed by atoms with Crippen LogP contribution in [0.2, 0.25) is 5.02 Å². The highest BCUT2D eigenvalue weighted by atomic mass is 35.5. The molecule has 1 fully saturated rings. The van der Waals surface area contributed by atoms with Crippen molar-refractivity contribution < 1.29 is 19.0 Å². The van der Waals surface area contributed by atoms with Crippen molar-refractivity contribution in [2.45, 2.75) is 20.3 Å². The summed E-state index contributed by atoms with van der Waals surface area (Å²) in [5.74, 6) is 1.73. The van der Waals surface area contributed by atoms with Crippen LogP contribution >= 0.6 is 35.6 Å². The second-order valence-corrected chi connectivity index (χ2v) is 9.18. The molecule has 0 spiro atoms. The van der Waals surface area contributed by atoms with Crippen molar-refractivity contribution in [3.8, 4) is 17.2 Å². The minimum Gasteiger partial charge on any atom is -0.493 e. The minimum absolute atomic E-state index is 0.130. The number of thioether (sulfide) groups is 1. The zero-order chi connectivity index (χ0) is 22.5. The lowest BCUT2D eigenvalue weighted by Crippen LogP contribution is -2.22. The summed E-state index contributed by atoms with van der Waals surface area (Å²) >= 11 is 12.9. The highest BCUT2D eigenvalue weighted by Crippen LogP contribution is 2.38. The lowest BCUT2D eigenvalue weighted by molar-refractivity contribution is -0.121. The fourth-order valence-electron chi connectivity index (χ4n) is 2.94. The van der Waals surface area contributed by atoms with Crippen molar-refractivity contribution in [2.24, 2.45) is 0 Å². The number of likely N-dealkylation sites (N-methyl/N-ethyl adjacent to an activating group) is 1. The Labute approximate surface area is 197 Å². The molecule has 2 aromatic rings. The number of thiocarbonyl (C=S) groups is 1. The maximum Gasteiger partial charge on any atom is 0.265 e. The Morgan fingerprint density at radius 1 is 1.13 bits per heavy atom. The SMILES string of the molecule is COc1cc(/C=C2/SC(=S)N(C)C2=O)cc(Cl)c1OCCCOc1cc(C)ccc1C. The van der Waals surface area contributed by atoms with E-state index in [4.69, 9.17) is 38.0 Å². The third-order valence-electron chi connectivity index (χ3n) is 4.67. The quantitative estimate of drug-likeness (QED) is 0.278. The fourth-order valence-corrected chi connectivity index (χ4v) is 4.39. The van der Waals surface area contributed by atoms with Crippen LogP contribution in [0, 0.1) is 13.8 Å². The van der Waals surface area contributed by atoms with Crippen molar-refractivity contribution in [3.63, 3.8) is 0 Å². The second kappa shape index (κ2) is 10.4. The van der Waals surface area contributed by atoms with Gasteiger partial charge in [0, 0.05) is 13.5 Å². The maximum absolute atomic E-state index is 12.2. The highest BCUT2D eigenvalue weighted by Gasteiger charge is 2.28. The third-order valence-corrected chi connectivity index (χ3v) is 6.44. The molecule has 1 heterocycles. The van der Waals surface area contributed by atoms with Gasteiger partial charge in [-0.3, -0.25) is 9.69 Å². The summed E-state index contributed by atoms with van der Waals surface area (Å²) in [6.45, 7) is 5.02. The van der Waals surface area contributed by atoms with Gasteiger partial charge in [-0.15, -0.1) is 0 Å². The molecule has 5 nitrogen and oxygen atoms in total. The number of halogens is 1. The Morgan fingerprint density at radius 2 is 1.87 bits per heavy atom. The van der Waals surface area contributed by atoms with Gasteiger partial charge in [0.05, 0.1) is 30.3 Å². The minimum atomic E-state index is -0.130. The summed E-state index contributed by atoms with van der Waals surface area (Å²) in [6.07, 6.45) is 2.44. The Hall–Kier alpha value is -2.22. The monoisotopic (exact) mass is 477 g/mol. The van der Waals surface area contributed by atoms with Gasteiger partial charge in [-0.25, -0.2) is 0 Å².